The molecule has 1 atom stereocenters. The zero-order valence-corrected chi connectivity index (χ0v) is 14.1. The Hall–Kier alpha value is -2.89. The highest BCUT2D eigenvalue weighted by Gasteiger charge is 2.18. The summed E-state index contributed by atoms with van der Waals surface area (Å²) in [5.41, 5.74) is 1.39. The summed E-state index contributed by atoms with van der Waals surface area (Å²) in [6.07, 6.45) is 2.77. The van der Waals surface area contributed by atoms with Gasteiger partial charge in [0.25, 0.3) is 5.91 Å². The smallest absolute Gasteiger partial charge is 0.308 e. The van der Waals surface area contributed by atoms with E-state index in [4.69, 9.17) is 9.84 Å². The molecular weight excluding hydrogens is 320 g/mol. The summed E-state index contributed by atoms with van der Waals surface area (Å²) in [6, 6.07) is 12.8. The number of amides is 1. The normalized spacial score (nSPS) is 11.6. The van der Waals surface area contributed by atoms with Crippen molar-refractivity contribution in [3.8, 4) is 5.88 Å². The summed E-state index contributed by atoms with van der Waals surface area (Å²) in [5.74, 6) is -1.47. The molecule has 0 spiro atoms. The van der Waals surface area contributed by atoms with Crippen LogP contribution in [0.5, 0.6) is 5.88 Å². The van der Waals surface area contributed by atoms with Gasteiger partial charge in [-0.15, -0.1) is 0 Å². The molecule has 0 fully saturated rings. The van der Waals surface area contributed by atoms with Crippen LogP contribution in [0.1, 0.15) is 35.7 Å². The third-order valence-corrected chi connectivity index (χ3v) is 3.72. The summed E-state index contributed by atoms with van der Waals surface area (Å²) in [7, 11) is 0. The van der Waals surface area contributed by atoms with Crippen LogP contribution < -0.4 is 10.1 Å². The average molecular weight is 342 g/mol. The topological polar surface area (TPSA) is 88.5 Å². The molecule has 1 heterocycles. The lowest BCUT2D eigenvalue weighted by atomic mass is 10.0. The molecule has 0 aliphatic heterocycles. The summed E-state index contributed by atoms with van der Waals surface area (Å²) < 4.78 is 5.60. The fourth-order valence-electron chi connectivity index (χ4n) is 2.34. The molecule has 2 N–H and O–H groups in total. The molecule has 0 bridgehead atoms. The van der Waals surface area contributed by atoms with Crippen LogP contribution in [0.25, 0.3) is 0 Å². The molecule has 0 saturated heterocycles. The minimum Gasteiger partial charge on any atom is -0.481 e. The number of aromatic nitrogens is 1. The molecule has 1 unspecified atom stereocenters. The number of hydrogen-bond acceptors (Lipinski definition) is 4. The van der Waals surface area contributed by atoms with Crippen molar-refractivity contribution in [1.82, 2.24) is 10.3 Å². The Morgan fingerprint density at radius 2 is 2.00 bits per heavy atom. The van der Waals surface area contributed by atoms with E-state index in [9.17, 15) is 9.59 Å². The summed E-state index contributed by atoms with van der Waals surface area (Å²) >= 11 is 0. The van der Waals surface area contributed by atoms with Gasteiger partial charge in [-0.2, -0.15) is 0 Å². The van der Waals surface area contributed by atoms with Crippen molar-refractivity contribution < 1.29 is 19.4 Å². The van der Waals surface area contributed by atoms with Crippen molar-refractivity contribution in [2.24, 2.45) is 5.92 Å². The van der Waals surface area contributed by atoms with Gasteiger partial charge in [-0.05, 0) is 18.1 Å². The van der Waals surface area contributed by atoms with Gasteiger partial charge in [0.1, 0.15) is 6.61 Å². The lowest BCUT2D eigenvalue weighted by molar-refractivity contribution is -0.141. The summed E-state index contributed by atoms with van der Waals surface area (Å²) in [4.78, 5) is 27.4. The highest BCUT2D eigenvalue weighted by atomic mass is 16.5. The number of benzene rings is 1. The highest BCUT2D eigenvalue weighted by molar-refractivity contribution is 5.94. The summed E-state index contributed by atoms with van der Waals surface area (Å²) in [5, 5.41) is 11.8. The predicted molar refractivity (Wildman–Crippen MR) is 93.4 cm³/mol. The lowest BCUT2D eigenvalue weighted by Crippen LogP contribution is -2.32. The Morgan fingerprint density at radius 3 is 2.68 bits per heavy atom. The quantitative estimate of drug-likeness (QED) is 0.731. The van der Waals surface area contributed by atoms with E-state index in [0.717, 1.165) is 12.0 Å². The number of nitrogens with zero attached hydrogens (tertiary/aromatic N) is 1. The van der Waals surface area contributed by atoms with E-state index in [1.54, 1.807) is 12.1 Å². The average Bonchev–Trinajstić information content (AvgIpc) is 2.64. The Bertz CT molecular complexity index is 704. The molecule has 25 heavy (non-hydrogen) atoms. The van der Waals surface area contributed by atoms with E-state index >= 15 is 0 Å². The SMILES string of the molecule is CCCC(CNC(=O)c1ccnc(OCc2ccccc2)c1)C(=O)O. The molecule has 2 aromatic rings. The van der Waals surface area contributed by atoms with Gasteiger partial charge in [0, 0.05) is 24.4 Å². The number of ether oxygens (including phenoxy) is 1. The van der Waals surface area contributed by atoms with E-state index in [-0.39, 0.29) is 12.5 Å². The molecular formula is C19H22N2O4. The number of carbonyl (C=O) groups excluding carboxylic acids is 1. The monoisotopic (exact) mass is 342 g/mol. The van der Waals surface area contributed by atoms with Crippen LogP contribution in [0, 0.1) is 5.92 Å². The minimum atomic E-state index is -0.899. The second-order valence-corrected chi connectivity index (χ2v) is 5.69. The first-order valence-electron chi connectivity index (χ1n) is 8.24. The maximum atomic E-state index is 12.2. The minimum absolute atomic E-state index is 0.102. The molecule has 0 saturated carbocycles. The third kappa shape index (κ3) is 5.91. The van der Waals surface area contributed by atoms with Crippen molar-refractivity contribution in [1.29, 1.82) is 0 Å². The lowest BCUT2D eigenvalue weighted by Gasteiger charge is -2.12. The zero-order valence-electron chi connectivity index (χ0n) is 14.1. The number of hydrogen-bond donors (Lipinski definition) is 2. The molecule has 1 aromatic heterocycles. The van der Waals surface area contributed by atoms with Crippen LogP contribution in [-0.2, 0) is 11.4 Å². The molecule has 1 aromatic carbocycles. The van der Waals surface area contributed by atoms with Crippen molar-refractivity contribution in [2.75, 3.05) is 6.54 Å². The molecule has 1 amide bonds. The highest BCUT2D eigenvalue weighted by Crippen LogP contribution is 2.12. The van der Waals surface area contributed by atoms with Crippen LogP contribution >= 0.6 is 0 Å². The first-order valence-corrected chi connectivity index (χ1v) is 8.24. The Balaban J connectivity index is 1.93. The third-order valence-electron chi connectivity index (χ3n) is 3.72. The number of pyridine rings is 1. The van der Waals surface area contributed by atoms with Gasteiger partial charge >= 0.3 is 5.97 Å². The van der Waals surface area contributed by atoms with Crippen LogP contribution in [-0.4, -0.2) is 28.5 Å². The van der Waals surface area contributed by atoms with Crippen LogP contribution in [0.4, 0.5) is 0 Å². The van der Waals surface area contributed by atoms with Gasteiger partial charge in [-0.3, -0.25) is 9.59 Å². The summed E-state index contributed by atoms with van der Waals surface area (Å²) in [6.45, 7) is 2.37. The Kier molecular flexibility index (Phi) is 6.95. The van der Waals surface area contributed by atoms with Gasteiger partial charge in [-0.25, -0.2) is 4.98 Å². The Morgan fingerprint density at radius 1 is 1.24 bits per heavy atom. The largest absolute Gasteiger partial charge is 0.481 e. The van der Waals surface area contributed by atoms with Crippen molar-refractivity contribution in [2.45, 2.75) is 26.4 Å². The molecule has 6 heteroatoms. The van der Waals surface area contributed by atoms with Crippen LogP contribution in [0.15, 0.2) is 48.7 Å². The fraction of sp³-hybridized carbons (Fsp3) is 0.316. The molecule has 6 nitrogen and oxygen atoms in total. The second-order valence-electron chi connectivity index (χ2n) is 5.69. The van der Waals surface area contributed by atoms with E-state index in [1.165, 1.54) is 6.20 Å². The molecule has 0 aliphatic carbocycles. The molecule has 0 radical (unpaired) electrons. The molecule has 0 aliphatic rings. The second kappa shape index (κ2) is 9.42. The predicted octanol–water partition coefficient (Wildman–Crippen LogP) is 2.89. The molecule has 2 rings (SSSR count). The standard InChI is InChI=1S/C19H22N2O4/c1-2-6-16(19(23)24)12-21-18(22)15-9-10-20-17(11-15)25-13-14-7-4-3-5-8-14/h3-5,7-11,16H,2,6,12-13H2,1H3,(H,21,22)(H,23,24). The molecule has 132 valence electrons. The van der Waals surface area contributed by atoms with Gasteiger partial charge in [0.2, 0.25) is 5.88 Å². The van der Waals surface area contributed by atoms with Gasteiger partial charge < -0.3 is 15.2 Å². The van der Waals surface area contributed by atoms with E-state index in [0.29, 0.717) is 24.5 Å². The number of carboxylic acid groups (broad SMARTS) is 1. The Labute approximate surface area is 146 Å². The van der Waals surface area contributed by atoms with Crippen LogP contribution in [0.2, 0.25) is 0 Å². The van der Waals surface area contributed by atoms with Crippen molar-refractivity contribution >= 4 is 11.9 Å². The number of nitrogens with one attached hydrogen (secondary N) is 1. The van der Waals surface area contributed by atoms with Crippen molar-refractivity contribution in [3.05, 3.63) is 59.8 Å². The van der Waals surface area contributed by atoms with Crippen LogP contribution in [0.3, 0.4) is 0 Å². The van der Waals surface area contributed by atoms with Crippen molar-refractivity contribution in [3.63, 3.8) is 0 Å². The zero-order chi connectivity index (χ0) is 18.1. The number of carboxylic acids is 1. The van der Waals surface area contributed by atoms with Gasteiger partial charge in [-0.1, -0.05) is 43.7 Å². The van der Waals surface area contributed by atoms with E-state index < -0.39 is 11.9 Å². The van der Waals surface area contributed by atoms with E-state index in [1.807, 2.05) is 37.3 Å². The van der Waals surface area contributed by atoms with E-state index in [2.05, 4.69) is 10.3 Å². The first kappa shape index (κ1) is 18.4. The maximum Gasteiger partial charge on any atom is 0.308 e. The van der Waals surface area contributed by atoms with Gasteiger partial charge in [0.15, 0.2) is 0 Å². The number of rotatable bonds is 9. The number of aliphatic carboxylic acids is 1. The first-order chi connectivity index (χ1) is 12.1. The maximum absolute atomic E-state index is 12.2. The fourth-order valence-corrected chi connectivity index (χ4v) is 2.34. The van der Waals surface area contributed by atoms with Gasteiger partial charge in [0.05, 0.1) is 5.92 Å². The number of carbonyl (C=O) groups is 2.